The molecule has 3 saturated carbocycles. The van der Waals surface area contributed by atoms with Gasteiger partial charge in [-0.05, 0) is 67.2 Å². The number of anilines is 2. The fourth-order valence-corrected chi connectivity index (χ4v) is 7.37. The Labute approximate surface area is 241 Å². The van der Waals surface area contributed by atoms with Gasteiger partial charge in [-0.3, -0.25) is 0 Å². The highest BCUT2D eigenvalue weighted by molar-refractivity contribution is 5.99. The molecule has 0 saturated heterocycles. The number of benzene rings is 2. The van der Waals surface area contributed by atoms with Gasteiger partial charge < -0.3 is 29.4 Å². The number of nitrogens with one attached hydrogen (secondary N) is 2. The number of aromatic nitrogens is 3. The van der Waals surface area contributed by atoms with Crippen LogP contribution in [0.15, 0.2) is 61.1 Å². The summed E-state index contributed by atoms with van der Waals surface area (Å²) in [5, 5.41) is 9.63. The summed E-state index contributed by atoms with van der Waals surface area (Å²) >= 11 is 0. The van der Waals surface area contributed by atoms with E-state index in [2.05, 4.69) is 55.6 Å². The predicted octanol–water partition coefficient (Wildman–Crippen LogP) is 5.92. The van der Waals surface area contributed by atoms with Crippen LogP contribution in [0, 0.1) is 17.3 Å². The van der Waals surface area contributed by atoms with Crippen LogP contribution in [0.3, 0.4) is 0 Å². The maximum absolute atomic E-state index is 6.50. The molecular weight excluding hydrogens is 514 g/mol. The number of hydrogen-bond acceptors (Lipinski definition) is 7. The second kappa shape index (κ2) is 10.9. The Kier molecular flexibility index (Phi) is 6.95. The van der Waals surface area contributed by atoms with E-state index in [0.29, 0.717) is 24.0 Å². The Morgan fingerprint density at radius 3 is 2.78 bits per heavy atom. The quantitative estimate of drug-likeness (QED) is 0.239. The molecule has 2 aromatic heterocycles. The topological polar surface area (TPSA) is 82.5 Å². The Morgan fingerprint density at radius 2 is 1.90 bits per heavy atom. The molecule has 0 radical (unpaired) electrons. The van der Waals surface area contributed by atoms with Crippen LogP contribution < -0.4 is 20.1 Å². The van der Waals surface area contributed by atoms with Gasteiger partial charge in [-0.25, -0.2) is 9.97 Å². The van der Waals surface area contributed by atoms with Crippen LogP contribution in [0.4, 0.5) is 11.5 Å². The molecule has 3 aliphatic carbocycles. The number of methoxy groups -OCH3 is 2. The van der Waals surface area contributed by atoms with E-state index in [9.17, 15) is 0 Å². The molecule has 0 spiro atoms. The lowest BCUT2D eigenvalue weighted by molar-refractivity contribution is -0.0462. The lowest BCUT2D eigenvalue weighted by Crippen LogP contribution is -2.36. The maximum Gasteiger partial charge on any atom is 0.134 e. The van der Waals surface area contributed by atoms with Gasteiger partial charge in [0.1, 0.15) is 23.1 Å². The van der Waals surface area contributed by atoms with Crippen LogP contribution in [0.5, 0.6) is 11.5 Å². The van der Waals surface area contributed by atoms with E-state index in [0.717, 1.165) is 66.7 Å². The van der Waals surface area contributed by atoms with Crippen LogP contribution in [0.2, 0.25) is 0 Å². The zero-order valence-electron chi connectivity index (χ0n) is 23.9. The van der Waals surface area contributed by atoms with Gasteiger partial charge in [0.2, 0.25) is 0 Å². The van der Waals surface area contributed by atoms with Crippen molar-refractivity contribution in [1.82, 2.24) is 14.5 Å². The Balaban J connectivity index is 0.966. The standard InChI is InChI=1S/C33H39N5O3/c1-39-25-7-6-22(30(14-25)40-2)19-37-32-28-4-3-5-29(27(28)8-10-35-32)36-20-24-18-33(16-23(24)17-33)21-41-26-9-12-38-13-11-34-31(38)15-26/h3-8,10-11,13-14,23-24,26,36H,9,12,15-21H2,1-2H3,(H,35,37). The van der Waals surface area contributed by atoms with Gasteiger partial charge in [-0.15, -0.1) is 0 Å². The Hall–Kier alpha value is -3.78. The van der Waals surface area contributed by atoms with Gasteiger partial charge in [-0.1, -0.05) is 12.1 Å². The third kappa shape index (κ3) is 5.10. The van der Waals surface area contributed by atoms with Crippen molar-refractivity contribution in [3.63, 3.8) is 0 Å². The summed E-state index contributed by atoms with van der Waals surface area (Å²) in [6.07, 6.45) is 12.1. The molecule has 214 valence electrons. The molecule has 41 heavy (non-hydrogen) atoms. The number of pyridine rings is 1. The molecule has 2 atom stereocenters. The largest absolute Gasteiger partial charge is 0.497 e. The monoisotopic (exact) mass is 553 g/mol. The van der Waals surface area contributed by atoms with Crippen molar-refractivity contribution in [2.24, 2.45) is 17.3 Å². The van der Waals surface area contributed by atoms with Gasteiger partial charge >= 0.3 is 0 Å². The van der Waals surface area contributed by atoms with E-state index >= 15 is 0 Å². The molecular formula is C33H39N5O3. The normalized spacial score (nSPS) is 24.5. The zero-order valence-corrected chi connectivity index (χ0v) is 23.9. The number of aryl methyl sites for hydroxylation is 1. The maximum atomic E-state index is 6.50. The summed E-state index contributed by atoms with van der Waals surface area (Å²) in [5.74, 6) is 5.12. The zero-order chi connectivity index (χ0) is 27.8. The number of ether oxygens (including phenoxy) is 3. The smallest absolute Gasteiger partial charge is 0.134 e. The van der Waals surface area contributed by atoms with E-state index in [-0.39, 0.29) is 0 Å². The molecule has 8 heteroatoms. The Bertz CT molecular complexity index is 1530. The van der Waals surface area contributed by atoms with E-state index in [4.69, 9.17) is 14.2 Å². The van der Waals surface area contributed by atoms with Crippen LogP contribution >= 0.6 is 0 Å². The second-order valence-corrected chi connectivity index (χ2v) is 12.1. The van der Waals surface area contributed by atoms with Gasteiger partial charge in [0.05, 0.1) is 26.9 Å². The van der Waals surface area contributed by atoms with Gasteiger partial charge in [-0.2, -0.15) is 0 Å². The highest BCUT2D eigenvalue weighted by Gasteiger charge is 2.55. The summed E-state index contributed by atoms with van der Waals surface area (Å²) in [6.45, 7) is 3.53. The minimum absolute atomic E-state index is 0.313. The van der Waals surface area contributed by atoms with Crippen LogP contribution in [0.25, 0.3) is 10.8 Å². The van der Waals surface area contributed by atoms with Crippen molar-refractivity contribution in [3.05, 3.63) is 72.4 Å². The van der Waals surface area contributed by atoms with Crippen molar-refractivity contribution >= 4 is 22.3 Å². The summed E-state index contributed by atoms with van der Waals surface area (Å²) in [6, 6.07) is 14.4. The van der Waals surface area contributed by atoms with E-state index < -0.39 is 0 Å². The average molecular weight is 554 g/mol. The predicted molar refractivity (Wildman–Crippen MR) is 161 cm³/mol. The van der Waals surface area contributed by atoms with E-state index in [1.807, 2.05) is 30.6 Å². The molecule has 3 fully saturated rings. The van der Waals surface area contributed by atoms with E-state index in [1.165, 1.54) is 36.2 Å². The minimum Gasteiger partial charge on any atom is -0.497 e. The molecule has 2 aromatic carbocycles. The molecule has 1 aliphatic heterocycles. The first-order valence-corrected chi connectivity index (χ1v) is 14.8. The van der Waals surface area contributed by atoms with Gasteiger partial charge in [0.25, 0.3) is 0 Å². The molecule has 2 N–H and O–H groups in total. The van der Waals surface area contributed by atoms with Crippen LogP contribution in [-0.2, 0) is 24.2 Å². The average Bonchev–Trinajstić information content (AvgIpc) is 3.70. The number of nitrogens with zero attached hydrogens (tertiary/aromatic N) is 3. The summed E-state index contributed by atoms with van der Waals surface area (Å²) in [7, 11) is 3.35. The first-order valence-electron chi connectivity index (χ1n) is 14.8. The van der Waals surface area contributed by atoms with Crippen molar-refractivity contribution in [2.45, 2.75) is 51.3 Å². The van der Waals surface area contributed by atoms with Gasteiger partial charge in [0.15, 0.2) is 0 Å². The molecule has 0 amide bonds. The van der Waals surface area contributed by atoms with Crippen molar-refractivity contribution in [3.8, 4) is 11.5 Å². The fraction of sp³-hybridized carbons (Fsp3) is 0.455. The molecule has 3 heterocycles. The number of rotatable bonds is 11. The lowest BCUT2D eigenvalue weighted by atomic mass is 9.70. The first-order chi connectivity index (χ1) is 20.1. The summed E-state index contributed by atoms with van der Waals surface area (Å²) < 4.78 is 19.7. The molecule has 4 aromatic rings. The molecule has 2 bridgehead atoms. The third-order valence-electron chi connectivity index (χ3n) is 9.58. The van der Waals surface area contributed by atoms with E-state index in [1.54, 1.807) is 14.2 Å². The first kappa shape index (κ1) is 26.1. The SMILES string of the molecule is COc1ccc(CNc2nccc3c(NCC4CC5(COC6CCn7ccnc7C6)CC4C5)cccc23)c(OC)c1. The molecule has 8 rings (SSSR count). The lowest BCUT2D eigenvalue weighted by Gasteiger charge is -2.39. The van der Waals surface area contributed by atoms with Gasteiger partial charge in [0, 0.05) is 72.7 Å². The van der Waals surface area contributed by atoms with Crippen molar-refractivity contribution < 1.29 is 14.2 Å². The van der Waals surface area contributed by atoms with Crippen molar-refractivity contribution in [1.29, 1.82) is 0 Å². The van der Waals surface area contributed by atoms with Crippen LogP contribution in [0.1, 0.15) is 37.1 Å². The number of hydrogen-bond donors (Lipinski definition) is 2. The number of fused-ring (bicyclic) bond motifs is 3. The van der Waals surface area contributed by atoms with Crippen molar-refractivity contribution in [2.75, 3.05) is 38.0 Å². The highest BCUT2D eigenvalue weighted by Crippen LogP contribution is 2.62. The fourth-order valence-electron chi connectivity index (χ4n) is 7.37. The molecule has 8 nitrogen and oxygen atoms in total. The summed E-state index contributed by atoms with van der Waals surface area (Å²) in [4.78, 5) is 9.16. The van der Waals surface area contributed by atoms with Crippen LogP contribution in [-0.4, -0.2) is 48.0 Å². The molecule has 2 unspecified atom stereocenters. The summed E-state index contributed by atoms with van der Waals surface area (Å²) in [5.41, 5.74) is 2.60. The molecule has 4 aliphatic rings. The third-order valence-corrected chi connectivity index (χ3v) is 9.58. The Morgan fingerprint density at radius 1 is 0.976 bits per heavy atom. The second-order valence-electron chi connectivity index (χ2n) is 12.1. The number of imidazole rings is 1. The minimum atomic E-state index is 0.313. The highest BCUT2D eigenvalue weighted by atomic mass is 16.5.